The first-order valence-electron chi connectivity index (χ1n) is 5.17. The van der Waals surface area contributed by atoms with E-state index in [0.717, 1.165) is 0 Å². The van der Waals surface area contributed by atoms with Crippen molar-refractivity contribution < 1.29 is 9.50 Å². The molecular weight excluding hydrogens is 219 g/mol. The van der Waals surface area contributed by atoms with Crippen molar-refractivity contribution in [2.75, 3.05) is 0 Å². The molecule has 17 heavy (non-hydrogen) atoms. The van der Waals surface area contributed by atoms with E-state index >= 15 is 0 Å². The summed E-state index contributed by atoms with van der Waals surface area (Å²) in [5.74, 6) is -0.973. The Hall–Kier alpha value is -2.36. The van der Waals surface area contributed by atoms with Gasteiger partial charge in [-0.2, -0.15) is 0 Å². The maximum atomic E-state index is 13.3. The second kappa shape index (κ2) is 3.59. The number of hydrogen-bond donors (Lipinski definition) is 1. The molecular formula is C13H9FN2O. The lowest BCUT2D eigenvalue weighted by Crippen LogP contribution is -1.89. The number of phenols is 1. The third-order valence-electron chi connectivity index (χ3n) is 2.70. The number of hydrogen-bond acceptors (Lipinski definition) is 2. The zero-order valence-corrected chi connectivity index (χ0v) is 8.84. The summed E-state index contributed by atoms with van der Waals surface area (Å²) in [6.45, 7) is 0. The summed E-state index contributed by atoms with van der Waals surface area (Å²) in [5, 5.41) is 9.74. The average molecular weight is 228 g/mol. The van der Waals surface area contributed by atoms with Gasteiger partial charge < -0.3 is 9.51 Å². The van der Waals surface area contributed by atoms with Crippen LogP contribution in [0, 0.1) is 5.82 Å². The maximum Gasteiger partial charge on any atom is 0.165 e. The fraction of sp³-hybridized carbons (Fsp3) is 0. The van der Waals surface area contributed by atoms with Gasteiger partial charge in [0.05, 0.1) is 0 Å². The van der Waals surface area contributed by atoms with Crippen LogP contribution >= 0.6 is 0 Å². The molecule has 0 aliphatic rings. The van der Waals surface area contributed by atoms with Gasteiger partial charge in [0.2, 0.25) is 0 Å². The van der Waals surface area contributed by atoms with Crippen LogP contribution in [0.4, 0.5) is 4.39 Å². The number of fused-ring (bicyclic) bond motifs is 1. The quantitative estimate of drug-likeness (QED) is 0.695. The van der Waals surface area contributed by atoms with E-state index in [9.17, 15) is 9.50 Å². The van der Waals surface area contributed by atoms with E-state index in [1.54, 1.807) is 30.6 Å². The SMILES string of the molecule is Oc1c(F)cccc1-c1cccn2ccnc12. The van der Waals surface area contributed by atoms with Crippen molar-refractivity contribution in [1.29, 1.82) is 0 Å². The van der Waals surface area contributed by atoms with Crippen LogP contribution in [0.2, 0.25) is 0 Å². The number of imidazole rings is 1. The minimum Gasteiger partial charge on any atom is -0.504 e. The Balaban J connectivity index is 2.34. The van der Waals surface area contributed by atoms with Gasteiger partial charge in [-0.3, -0.25) is 0 Å². The molecule has 0 radical (unpaired) electrons. The van der Waals surface area contributed by atoms with Crippen molar-refractivity contribution in [3.05, 3.63) is 54.7 Å². The molecule has 4 heteroatoms. The molecule has 0 aliphatic carbocycles. The summed E-state index contributed by atoms with van der Waals surface area (Å²) in [4.78, 5) is 4.20. The maximum absolute atomic E-state index is 13.3. The molecule has 1 N–H and O–H groups in total. The highest BCUT2D eigenvalue weighted by Gasteiger charge is 2.11. The van der Waals surface area contributed by atoms with Gasteiger partial charge in [-0.25, -0.2) is 9.37 Å². The molecule has 0 saturated carbocycles. The van der Waals surface area contributed by atoms with E-state index in [1.165, 1.54) is 6.07 Å². The van der Waals surface area contributed by atoms with Crippen molar-refractivity contribution >= 4 is 5.65 Å². The van der Waals surface area contributed by atoms with Gasteiger partial charge >= 0.3 is 0 Å². The Morgan fingerprint density at radius 2 is 1.88 bits per heavy atom. The van der Waals surface area contributed by atoms with Crippen LogP contribution < -0.4 is 0 Å². The number of pyridine rings is 1. The van der Waals surface area contributed by atoms with E-state index in [0.29, 0.717) is 16.8 Å². The Kier molecular flexibility index (Phi) is 2.08. The Morgan fingerprint density at radius 1 is 1.06 bits per heavy atom. The monoisotopic (exact) mass is 228 g/mol. The minimum absolute atomic E-state index is 0.344. The number of benzene rings is 1. The van der Waals surface area contributed by atoms with Gasteiger partial charge in [-0.1, -0.05) is 12.1 Å². The van der Waals surface area contributed by atoms with Gasteiger partial charge in [0.15, 0.2) is 11.6 Å². The number of para-hydroxylation sites is 1. The summed E-state index contributed by atoms with van der Waals surface area (Å²) >= 11 is 0. The molecule has 0 spiro atoms. The van der Waals surface area contributed by atoms with Gasteiger partial charge in [0, 0.05) is 29.7 Å². The molecule has 0 fully saturated rings. The number of rotatable bonds is 1. The molecule has 3 nitrogen and oxygen atoms in total. The Labute approximate surface area is 96.8 Å². The number of aromatic hydroxyl groups is 1. The van der Waals surface area contributed by atoms with E-state index < -0.39 is 5.82 Å². The van der Waals surface area contributed by atoms with Crippen LogP contribution in [-0.2, 0) is 0 Å². The molecule has 0 saturated heterocycles. The zero-order valence-electron chi connectivity index (χ0n) is 8.84. The normalized spacial score (nSPS) is 10.9. The second-order valence-electron chi connectivity index (χ2n) is 3.72. The van der Waals surface area contributed by atoms with Crippen molar-refractivity contribution in [3.8, 4) is 16.9 Å². The van der Waals surface area contributed by atoms with Crippen molar-refractivity contribution in [1.82, 2.24) is 9.38 Å². The molecule has 1 aromatic carbocycles. The molecule has 0 unspecified atom stereocenters. The van der Waals surface area contributed by atoms with E-state index in [2.05, 4.69) is 4.98 Å². The van der Waals surface area contributed by atoms with E-state index in [1.807, 2.05) is 16.7 Å². The zero-order chi connectivity index (χ0) is 11.8. The first kappa shape index (κ1) is 9.84. The first-order valence-corrected chi connectivity index (χ1v) is 5.17. The van der Waals surface area contributed by atoms with Crippen LogP contribution in [0.3, 0.4) is 0 Å². The minimum atomic E-state index is -0.629. The molecule has 0 atom stereocenters. The highest BCUT2D eigenvalue weighted by molar-refractivity contribution is 5.81. The molecule has 2 aromatic heterocycles. The van der Waals surface area contributed by atoms with Crippen LogP contribution in [0.1, 0.15) is 0 Å². The summed E-state index contributed by atoms with van der Waals surface area (Å²) in [6, 6.07) is 8.09. The molecule has 3 aromatic rings. The summed E-state index contributed by atoms with van der Waals surface area (Å²) in [5.41, 5.74) is 1.84. The van der Waals surface area contributed by atoms with Gasteiger partial charge in [0.1, 0.15) is 5.65 Å². The standard InChI is InChI=1S/C13H9FN2O/c14-11-5-1-3-9(12(11)17)10-4-2-7-16-8-6-15-13(10)16/h1-8,17H. The highest BCUT2D eigenvalue weighted by atomic mass is 19.1. The predicted molar refractivity (Wildman–Crippen MR) is 62.3 cm³/mol. The predicted octanol–water partition coefficient (Wildman–Crippen LogP) is 2.85. The average Bonchev–Trinajstić information content (AvgIpc) is 2.81. The largest absolute Gasteiger partial charge is 0.504 e. The number of phenolic OH excluding ortho intramolecular Hbond substituents is 1. The third-order valence-corrected chi connectivity index (χ3v) is 2.70. The lowest BCUT2D eigenvalue weighted by Gasteiger charge is -2.06. The number of halogens is 1. The highest BCUT2D eigenvalue weighted by Crippen LogP contribution is 2.33. The fourth-order valence-corrected chi connectivity index (χ4v) is 1.89. The summed E-state index contributed by atoms with van der Waals surface area (Å²) in [6.07, 6.45) is 5.31. The van der Waals surface area contributed by atoms with E-state index in [4.69, 9.17) is 0 Å². The van der Waals surface area contributed by atoms with Crippen molar-refractivity contribution in [2.45, 2.75) is 0 Å². The second-order valence-corrected chi connectivity index (χ2v) is 3.72. The molecule has 2 heterocycles. The number of aromatic nitrogens is 2. The Morgan fingerprint density at radius 3 is 2.76 bits per heavy atom. The summed E-state index contributed by atoms with van der Waals surface area (Å²) < 4.78 is 15.1. The topological polar surface area (TPSA) is 37.5 Å². The Bertz CT molecular complexity index is 691. The molecule has 0 amide bonds. The molecule has 0 bridgehead atoms. The van der Waals surface area contributed by atoms with Gasteiger partial charge in [-0.15, -0.1) is 0 Å². The smallest absolute Gasteiger partial charge is 0.165 e. The summed E-state index contributed by atoms with van der Waals surface area (Å²) in [7, 11) is 0. The molecule has 0 aliphatic heterocycles. The fourth-order valence-electron chi connectivity index (χ4n) is 1.89. The molecule has 84 valence electrons. The van der Waals surface area contributed by atoms with Gasteiger partial charge in [0.25, 0.3) is 0 Å². The first-order chi connectivity index (χ1) is 8.27. The lowest BCUT2D eigenvalue weighted by atomic mass is 10.1. The third kappa shape index (κ3) is 1.45. The van der Waals surface area contributed by atoms with Crippen LogP contribution in [0.5, 0.6) is 5.75 Å². The molecule has 3 rings (SSSR count). The van der Waals surface area contributed by atoms with Crippen molar-refractivity contribution in [3.63, 3.8) is 0 Å². The lowest BCUT2D eigenvalue weighted by molar-refractivity contribution is 0.434. The van der Waals surface area contributed by atoms with Crippen molar-refractivity contribution in [2.24, 2.45) is 0 Å². The number of nitrogens with zero attached hydrogens (tertiary/aromatic N) is 2. The van der Waals surface area contributed by atoms with Crippen LogP contribution in [0.25, 0.3) is 16.8 Å². The van der Waals surface area contributed by atoms with Gasteiger partial charge in [-0.05, 0) is 18.2 Å². The van der Waals surface area contributed by atoms with Crippen LogP contribution in [0.15, 0.2) is 48.9 Å². The van der Waals surface area contributed by atoms with Crippen LogP contribution in [-0.4, -0.2) is 14.5 Å². The van der Waals surface area contributed by atoms with E-state index in [-0.39, 0.29) is 5.75 Å².